The lowest BCUT2D eigenvalue weighted by molar-refractivity contribution is 0.0643. The van der Waals surface area contributed by atoms with E-state index in [1.165, 1.54) is 28.8 Å². The van der Waals surface area contributed by atoms with Gasteiger partial charge in [0.15, 0.2) is 0 Å². The highest BCUT2D eigenvalue weighted by molar-refractivity contribution is 5.91. The Morgan fingerprint density at radius 2 is 1.96 bits per heavy atom. The van der Waals surface area contributed by atoms with Crippen LogP contribution in [-0.4, -0.2) is 37.2 Å². The van der Waals surface area contributed by atoms with Crippen LogP contribution in [0.25, 0.3) is 11.0 Å². The number of halogens is 2. The molecule has 7 nitrogen and oxygen atoms in total. The maximum Gasteiger partial charge on any atom is 0.320 e. The fraction of sp³-hybridized carbons (Fsp3) is 0.333. The lowest BCUT2D eigenvalue weighted by atomic mass is 10.3. The average molecular weight is 375 g/mol. The lowest BCUT2D eigenvalue weighted by Gasteiger charge is -2.17. The highest BCUT2D eigenvalue weighted by Gasteiger charge is 2.21. The van der Waals surface area contributed by atoms with Crippen LogP contribution < -0.4 is 5.56 Å². The standard InChI is InChI=1S/C18H19F2N5O2/c1-3-10-24-16(26)9-8-13(22-24)17(27)23(2)11-15-21-12-6-4-5-7-14(12)25(15)18(19)20/h4-9,18H,3,10-11H2,1-2H3. The van der Waals surface area contributed by atoms with E-state index in [1.54, 1.807) is 24.3 Å². The van der Waals surface area contributed by atoms with E-state index >= 15 is 0 Å². The molecule has 1 amide bonds. The molecule has 0 aliphatic heterocycles. The molecule has 0 saturated carbocycles. The van der Waals surface area contributed by atoms with Crippen molar-refractivity contribution in [1.29, 1.82) is 0 Å². The van der Waals surface area contributed by atoms with Gasteiger partial charge in [-0.05, 0) is 24.6 Å². The summed E-state index contributed by atoms with van der Waals surface area (Å²) >= 11 is 0. The van der Waals surface area contributed by atoms with Crippen molar-refractivity contribution in [3.8, 4) is 0 Å². The fourth-order valence-corrected chi connectivity index (χ4v) is 2.84. The van der Waals surface area contributed by atoms with Crippen molar-refractivity contribution in [1.82, 2.24) is 24.2 Å². The van der Waals surface area contributed by atoms with Crippen LogP contribution in [0.2, 0.25) is 0 Å². The van der Waals surface area contributed by atoms with E-state index in [4.69, 9.17) is 0 Å². The number of imidazole rings is 1. The molecule has 0 aliphatic rings. The smallest absolute Gasteiger partial charge is 0.320 e. The summed E-state index contributed by atoms with van der Waals surface area (Å²) in [5, 5.41) is 4.06. The minimum atomic E-state index is -2.78. The van der Waals surface area contributed by atoms with Gasteiger partial charge in [0.25, 0.3) is 11.5 Å². The average Bonchev–Trinajstić information content (AvgIpc) is 3.01. The largest absolute Gasteiger partial charge is 0.333 e. The van der Waals surface area contributed by atoms with Gasteiger partial charge in [-0.25, -0.2) is 9.67 Å². The van der Waals surface area contributed by atoms with Crippen LogP contribution in [0.1, 0.15) is 36.2 Å². The highest BCUT2D eigenvalue weighted by atomic mass is 19.3. The first-order chi connectivity index (χ1) is 12.9. The van der Waals surface area contributed by atoms with Crippen LogP contribution in [0, 0.1) is 0 Å². The number of para-hydroxylation sites is 2. The fourth-order valence-electron chi connectivity index (χ4n) is 2.84. The van der Waals surface area contributed by atoms with Crippen molar-refractivity contribution in [3.05, 3.63) is 58.3 Å². The number of fused-ring (bicyclic) bond motifs is 1. The Bertz CT molecular complexity index is 1030. The molecule has 0 spiro atoms. The molecule has 2 heterocycles. The molecule has 2 aromatic heterocycles. The molecule has 27 heavy (non-hydrogen) atoms. The van der Waals surface area contributed by atoms with E-state index < -0.39 is 12.5 Å². The lowest BCUT2D eigenvalue weighted by Crippen LogP contribution is -2.31. The Hall–Kier alpha value is -3.10. The number of rotatable bonds is 6. The van der Waals surface area contributed by atoms with Gasteiger partial charge in [-0.15, -0.1) is 0 Å². The number of aromatic nitrogens is 4. The first-order valence-electron chi connectivity index (χ1n) is 8.50. The number of amides is 1. The second kappa shape index (κ2) is 7.65. The summed E-state index contributed by atoms with van der Waals surface area (Å²) in [4.78, 5) is 29.9. The number of nitrogens with zero attached hydrogens (tertiary/aromatic N) is 5. The minimum Gasteiger partial charge on any atom is -0.333 e. The minimum absolute atomic E-state index is 0.0731. The van der Waals surface area contributed by atoms with Crippen LogP contribution in [0.15, 0.2) is 41.2 Å². The molecule has 3 aromatic rings. The molecule has 0 saturated heterocycles. The van der Waals surface area contributed by atoms with Gasteiger partial charge in [0, 0.05) is 19.7 Å². The summed E-state index contributed by atoms with van der Waals surface area (Å²) in [5.74, 6) is -0.406. The molecule has 0 bridgehead atoms. The topological polar surface area (TPSA) is 73.0 Å². The van der Waals surface area contributed by atoms with Gasteiger partial charge in [-0.3, -0.25) is 14.2 Å². The third-order valence-corrected chi connectivity index (χ3v) is 4.11. The van der Waals surface area contributed by atoms with Gasteiger partial charge in [-0.2, -0.15) is 13.9 Å². The van der Waals surface area contributed by atoms with Crippen LogP contribution in [0.3, 0.4) is 0 Å². The highest BCUT2D eigenvalue weighted by Crippen LogP contribution is 2.23. The number of alkyl halides is 2. The van der Waals surface area contributed by atoms with Crippen LogP contribution in [-0.2, 0) is 13.1 Å². The molecular weight excluding hydrogens is 356 g/mol. The monoisotopic (exact) mass is 375 g/mol. The maximum absolute atomic E-state index is 13.5. The van der Waals surface area contributed by atoms with Crippen LogP contribution in [0.5, 0.6) is 0 Å². The molecule has 0 N–H and O–H groups in total. The van der Waals surface area contributed by atoms with E-state index in [2.05, 4.69) is 10.1 Å². The maximum atomic E-state index is 13.5. The van der Waals surface area contributed by atoms with Gasteiger partial charge in [0.2, 0.25) is 0 Å². The summed E-state index contributed by atoms with van der Waals surface area (Å²) < 4.78 is 29.1. The Kier molecular flexibility index (Phi) is 5.29. The van der Waals surface area contributed by atoms with Crippen LogP contribution >= 0.6 is 0 Å². The molecule has 9 heteroatoms. The predicted octanol–water partition coefficient (Wildman–Crippen LogP) is 2.67. The van der Waals surface area contributed by atoms with Crippen molar-refractivity contribution in [2.45, 2.75) is 33.0 Å². The third kappa shape index (κ3) is 3.71. The molecule has 0 fully saturated rings. The molecule has 0 atom stereocenters. The van der Waals surface area contributed by atoms with Gasteiger partial charge >= 0.3 is 6.55 Å². The first-order valence-corrected chi connectivity index (χ1v) is 8.50. The number of aryl methyl sites for hydroxylation is 1. The van der Waals surface area contributed by atoms with Gasteiger partial charge in [-0.1, -0.05) is 19.1 Å². The zero-order valence-electron chi connectivity index (χ0n) is 15.0. The second-order valence-electron chi connectivity index (χ2n) is 6.11. The summed E-state index contributed by atoms with van der Waals surface area (Å²) in [5.41, 5.74) is 0.516. The quantitative estimate of drug-likeness (QED) is 0.664. The molecule has 3 rings (SSSR count). The van der Waals surface area contributed by atoms with Crippen LogP contribution in [0.4, 0.5) is 8.78 Å². The first kappa shape index (κ1) is 18.7. The summed E-state index contributed by atoms with van der Waals surface area (Å²) in [6, 6.07) is 9.18. The van der Waals surface area contributed by atoms with Crippen molar-refractivity contribution in [3.63, 3.8) is 0 Å². The van der Waals surface area contributed by atoms with E-state index in [9.17, 15) is 18.4 Å². The molecule has 0 radical (unpaired) electrons. The van der Waals surface area contributed by atoms with Crippen molar-refractivity contribution in [2.24, 2.45) is 0 Å². The number of benzene rings is 1. The van der Waals surface area contributed by atoms with Gasteiger partial charge in [0.1, 0.15) is 11.5 Å². The summed E-state index contributed by atoms with van der Waals surface area (Å²) in [6.45, 7) is -0.610. The van der Waals surface area contributed by atoms with E-state index in [0.29, 0.717) is 24.0 Å². The molecule has 0 unspecified atom stereocenters. The number of carbonyl (C=O) groups is 1. The van der Waals surface area contributed by atoms with E-state index in [1.807, 2.05) is 6.92 Å². The van der Waals surface area contributed by atoms with Gasteiger partial charge < -0.3 is 4.90 Å². The van der Waals surface area contributed by atoms with Crippen molar-refractivity contribution >= 4 is 16.9 Å². The zero-order valence-corrected chi connectivity index (χ0v) is 15.0. The predicted molar refractivity (Wildman–Crippen MR) is 95.6 cm³/mol. The second-order valence-corrected chi connectivity index (χ2v) is 6.11. The normalized spacial score (nSPS) is 11.3. The Morgan fingerprint density at radius 1 is 1.22 bits per heavy atom. The Balaban J connectivity index is 1.89. The SMILES string of the molecule is CCCn1nc(C(=O)N(C)Cc2nc3ccccc3n2C(F)F)ccc1=O. The Labute approximate surface area is 153 Å². The summed E-state index contributed by atoms with van der Waals surface area (Å²) in [7, 11) is 1.48. The van der Waals surface area contributed by atoms with Crippen molar-refractivity contribution < 1.29 is 13.6 Å². The van der Waals surface area contributed by atoms with E-state index in [-0.39, 0.29) is 23.6 Å². The van der Waals surface area contributed by atoms with Crippen molar-refractivity contribution in [2.75, 3.05) is 7.05 Å². The zero-order chi connectivity index (χ0) is 19.6. The molecule has 0 aliphatic carbocycles. The number of hydrogen-bond donors (Lipinski definition) is 0. The Morgan fingerprint density at radius 3 is 2.67 bits per heavy atom. The molecule has 1 aromatic carbocycles. The van der Waals surface area contributed by atoms with Gasteiger partial charge in [0.05, 0.1) is 17.6 Å². The molecular formula is C18H19F2N5O2. The van der Waals surface area contributed by atoms with E-state index in [0.717, 1.165) is 4.57 Å². The third-order valence-electron chi connectivity index (χ3n) is 4.11. The number of carbonyl (C=O) groups excluding carboxylic acids is 1. The summed E-state index contributed by atoms with van der Waals surface area (Å²) in [6.07, 6.45) is 0.693. The molecule has 142 valence electrons. The number of hydrogen-bond acceptors (Lipinski definition) is 4.